The summed E-state index contributed by atoms with van der Waals surface area (Å²) < 4.78 is 14.4. The van der Waals surface area contributed by atoms with E-state index in [1.54, 1.807) is 14.2 Å². The van der Waals surface area contributed by atoms with Crippen molar-refractivity contribution < 1.29 is 9.47 Å². The zero-order valence-corrected chi connectivity index (χ0v) is 22.0. The number of hydrogen-bond acceptors (Lipinski definition) is 4. The quantitative estimate of drug-likeness (QED) is 0.320. The molecule has 0 saturated carbocycles. The molecule has 5 nitrogen and oxygen atoms in total. The van der Waals surface area contributed by atoms with E-state index in [4.69, 9.17) is 19.4 Å². The Morgan fingerprint density at radius 3 is 2.07 bits per heavy atom. The van der Waals surface area contributed by atoms with Crippen LogP contribution in [0.1, 0.15) is 41.5 Å². The van der Waals surface area contributed by atoms with E-state index in [9.17, 15) is 0 Å². The number of ether oxygens (including phenoxy) is 2. The standard InChI is InChI=1S/C23H32IN3O2S/c1-14(2)30(15(3)4,16(5)6)27-13-18(24)22-23(27)25-12-19(26-22)17-9-10-20(28-7)21(11-17)29-8/h9-16H,1-8H3. The summed E-state index contributed by atoms with van der Waals surface area (Å²) in [5, 5.41) is 1.61. The number of halogens is 1. The van der Waals surface area contributed by atoms with Gasteiger partial charge in [-0.2, -0.15) is 10.2 Å². The van der Waals surface area contributed by atoms with Gasteiger partial charge in [0.15, 0.2) is 17.1 Å². The monoisotopic (exact) mass is 541 g/mol. The third kappa shape index (κ3) is 3.68. The topological polar surface area (TPSA) is 49.2 Å². The number of benzene rings is 1. The molecular weight excluding hydrogens is 509 g/mol. The van der Waals surface area contributed by atoms with Crippen LogP contribution in [0.25, 0.3) is 22.4 Å². The highest BCUT2D eigenvalue weighted by Crippen LogP contribution is 2.62. The molecule has 2 heterocycles. The van der Waals surface area contributed by atoms with E-state index in [0.29, 0.717) is 27.2 Å². The maximum absolute atomic E-state index is 5.46. The minimum absolute atomic E-state index is 0.538. The minimum Gasteiger partial charge on any atom is -0.493 e. The van der Waals surface area contributed by atoms with Crippen LogP contribution in [0.3, 0.4) is 0 Å². The smallest absolute Gasteiger partial charge is 0.168 e. The van der Waals surface area contributed by atoms with Crippen molar-refractivity contribution in [2.75, 3.05) is 14.2 Å². The lowest BCUT2D eigenvalue weighted by molar-refractivity contribution is 0.355. The molecule has 3 rings (SSSR count). The first-order chi connectivity index (χ1) is 14.2. The van der Waals surface area contributed by atoms with Gasteiger partial charge in [0, 0.05) is 27.5 Å². The van der Waals surface area contributed by atoms with Gasteiger partial charge in [-0.15, -0.1) is 0 Å². The van der Waals surface area contributed by atoms with Gasteiger partial charge in [0.2, 0.25) is 0 Å². The second-order valence-corrected chi connectivity index (χ2v) is 14.0. The summed E-state index contributed by atoms with van der Waals surface area (Å²) >= 11 is 2.40. The number of hydrogen-bond donors (Lipinski definition) is 0. The summed E-state index contributed by atoms with van der Waals surface area (Å²) in [7, 11) is 2.13. The van der Waals surface area contributed by atoms with Gasteiger partial charge >= 0.3 is 0 Å². The molecule has 7 heteroatoms. The van der Waals surface area contributed by atoms with Crippen LogP contribution in [0, 0.1) is 3.57 Å². The van der Waals surface area contributed by atoms with Gasteiger partial charge < -0.3 is 9.47 Å². The van der Waals surface area contributed by atoms with Crippen molar-refractivity contribution in [3.8, 4) is 22.8 Å². The van der Waals surface area contributed by atoms with Gasteiger partial charge in [-0.3, -0.25) is 3.97 Å². The Morgan fingerprint density at radius 2 is 1.53 bits per heavy atom. The molecule has 0 unspecified atom stereocenters. The van der Waals surface area contributed by atoms with Crippen molar-refractivity contribution in [1.29, 1.82) is 0 Å². The number of rotatable bonds is 7. The van der Waals surface area contributed by atoms with Crippen molar-refractivity contribution in [2.24, 2.45) is 0 Å². The Hall–Kier alpha value is -1.48. The van der Waals surface area contributed by atoms with E-state index in [1.165, 1.54) is 0 Å². The van der Waals surface area contributed by atoms with Crippen LogP contribution >= 0.6 is 32.8 Å². The number of fused-ring (bicyclic) bond motifs is 1. The number of methoxy groups -OCH3 is 2. The van der Waals surface area contributed by atoms with Crippen molar-refractivity contribution in [2.45, 2.75) is 57.3 Å². The summed E-state index contributed by atoms with van der Waals surface area (Å²) in [5.41, 5.74) is 3.73. The zero-order valence-electron chi connectivity index (χ0n) is 19.1. The molecule has 0 aliphatic rings. The first-order valence-corrected chi connectivity index (χ1v) is 13.1. The fourth-order valence-electron chi connectivity index (χ4n) is 4.62. The Labute approximate surface area is 195 Å². The SMILES string of the molecule is COc1ccc(-c2cnc3c(n2)c(I)cn3S(C(C)C)(C(C)C)C(C)C)cc1OC. The molecule has 164 valence electrons. The predicted molar refractivity (Wildman–Crippen MR) is 137 cm³/mol. The zero-order chi connectivity index (χ0) is 22.2. The van der Waals surface area contributed by atoms with Gasteiger partial charge in [0.1, 0.15) is 5.52 Å². The summed E-state index contributed by atoms with van der Waals surface area (Å²) in [6.45, 7) is 14.1. The largest absolute Gasteiger partial charge is 0.493 e. The highest BCUT2D eigenvalue weighted by Gasteiger charge is 2.38. The van der Waals surface area contributed by atoms with Crippen LogP contribution in [0.2, 0.25) is 0 Å². The summed E-state index contributed by atoms with van der Waals surface area (Å²) in [6.07, 6.45) is 4.14. The van der Waals surface area contributed by atoms with Crippen LogP contribution in [0.15, 0.2) is 30.6 Å². The highest BCUT2D eigenvalue weighted by atomic mass is 127. The third-order valence-electron chi connectivity index (χ3n) is 5.70. The van der Waals surface area contributed by atoms with Crippen molar-refractivity contribution in [3.63, 3.8) is 0 Å². The van der Waals surface area contributed by atoms with Gasteiger partial charge in [-0.05, 0) is 40.8 Å². The van der Waals surface area contributed by atoms with Gasteiger partial charge in [-0.25, -0.2) is 9.97 Å². The van der Waals surface area contributed by atoms with E-state index in [2.05, 4.69) is 74.3 Å². The molecule has 1 aromatic carbocycles. The molecule has 0 aliphatic carbocycles. The summed E-state index contributed by atoms with van der Waals surface area (Å²) in [5.74, 6) is 1.39. The Morgan fingerprint density at radius 1 is 0.933 bits per heavy atom. The molecule has 3 aromatic rings. The van der Waals surface area contributed by atoms with E-state index >= 15 is 0 Å². The Kier molecular flexibility index (Phi) is 6.91. The molecule has 0 radical (unpaired) electrons. The van der Waals surface area contributed by atoms with E-state index in [-0.39, 0.29) is 0 Å². The van der Waals surface area contributed by atoms with Crippen LogP contribution in [0.4, 0.5) is 0 Å². The first kappa shape index (κ1) is 23.2. The Bertz CT molecular complexity index is 1020. The average molecular weight is 541 g/mol. The normalized spacial score (nSPS) is 12.9. The van der Waals surface area contributed by atoms with Gasteiger partial charge in [0.05, 0.1) is 29.7 Å². The molecule has 0 atom stereocenters. The minimum atomic E-state index is -1.16. The molecule has 2 aromatic heterocycles. The molecule has 0 N–H and O–H groups in total. The van der Waals surface area contributed by atoms with Gasteiger partial charge in [-0.1, -0.05) is 41.5 Å². The van der Waals surface area contributed by atoms with Crippen LogP contribution < -0.4 is 9.47 Å². The fourth-order valence-corrected chi connectivity index (χ4v) is 10.8. The molecule has 0 spiro atoms. The highest BCUT2D eigenvalue weighted by molar-refractivity contribution is 14.1. The maximum Gasteiger partial charge on any atom is 0.168 e. The lowest BCUT2D eigenvalue weighted by Gasteiger charge is -2.52. The van der Waals surface area contributed by atoms with Crippen LogP contribution in [-0.2, 0) is 0 Å². The van der Waals surface area contributed by atoms with Crippen LogP contribution in [-0.4, -0.2) is 43.9 Å². The second kappa shape index (κ2) is 8.94. The third-order valence-corrected chi connectivity index (χ3v) is 12.0. The Balaban J connectivity index is 2.20. The molecule has 0 aliphatic heterocycles. The predicted octanol–water partition coefficient (Wildman–Crippen LogP) is 6.51. The van der Waals surface area contributed by atoms with E-state index < -0.39 is 10.2 Å². The molecule has 30 heavy (non-hydrogen) atoms. The fraction of sp³-hybridized carbons (Fsp3) is 0.478. The second-order valence-electron chi connectivity index (χ2n) is 8.17. The average Bonchev–Trinajstić information content (AvgIpc) is 3.03. The molecular formula is C23H32IN3O2S. The maximum atomic E-state index is 5.46. The van der Waals surface area contributed by atoms with Crippen molar-refractivity contribution >= 4 is 44.0 Å². The summed E-state index contributed by atoms with van der Waals surface area (Å²) in [4.78, 5) is 9.95. The van der Waals surface area contributed by atoms with Crippen LogP contribution in [0.5, 0.6) is 11.5 Å². The molecule has 0 fully saturated rings. The molecule has 0 bridgehead atoms. The van der Waals surface area contributed by atoms with E-state index in [0.717, 1.165) is 26.0 Å². The first-order valence-electron chi connectivity index (χ1n) is 10.2. The van der Waals surface area contributed by atoms with Crippen molar-refractivity contribution in [1.82, 2.24) is 13.9 Å². The molecule has 0 saturated heterocycles. The number of aromatic nitrogens is 3. The van der Waals surface area contributed by atoms with E-state index in [1.807, 2.05) is 24.4 Å². The van der Waals surface area contributed by atoms with Crippen molar-refractivity contribution in [3.05, 3.63) is 34.2 Å². The lowest BCUT2D eigenvalue weighted by atomic mass is 10.1. The molecule has 0 amide bonds. The van der Waals surface area contributed by atoms with Gasteiger partial charge in [0.25, 0.3) is 0 Å². The lowest BCUT2D eigenvalue weighted by Crippen LogP contribution is -2.34. The summed E-state index contributed by atoms with van der Waals surface area (Å²) in [6, 6.07) is 5.85. The number of nitrogens with zero attached hydrogens (tertiary/aromatic N) is 3.